The fourth-order valence-electron chi connectivity index (χ4n) is 1.77. The topological polar surface area (TPSA) is 75.9 Å². The van der Waals surface area contributed by atoms with E-state index in [1.807, 2.05) is 38.2 Å². The number of benzene rings is 1. The molecule has 2 aromatic rings. The molecule has 0 bridgehead atoms. The zero-order valence-corrected chi connectivity index (χ0v) is 12.6. The quantitative estimate of drug-likeness (QED) is 0.829. The maximum absolute atomic E-state index is 12.0. The molecule has 2 rings (SSSR count). The molecule has 0 saturated carbocycles. The maximum atomic E-state index is 12.0. The Morgan fingerprint density at radius 2 is 2.05 bits per heavy atom. The van der Waals surface area contributed by atoms with E-state index in [-0.39, 0.29) is 12.5 Å². The average molecular weight is 288 g/mol. The summed E-state index contributed by atoms with van der Waals surface area (Å²) in [4.78, 5) is 14.9. The number of aromatic nitrogens is 4. The highest BCUT2D eigenvalue weighted by Gasteiger charge is 2.12. The number of nitrogens with one attached hydrogen (secondary N) is 1. The van der Waals surface area contributed by atoms with Gasteiger partial charge in [0.2, 0.25) is 11.7 Å². The van der Waals surface area contributed by atoms with Crippen LogP contribution < -0.4 is 5.32 Å². The molecular formula is C14H20N6O. The van der Waals surface area contributed by atoms with Crippen molar-refractivity contribution in [2.24, 2.45) is 0 Å². The lowest BCUT2D eigenvalue weighted by Crippen LogP contribution is -2.35. The Balaban J connectivity index is 2.00. The van der Waals surface area contributed by atoms with Gasteiger partial charge in [0.05, 0.1) is 0 Å². The molecule has 7 nitrogen and oxygen atoms in total. The smallest absolute Gasteiger partial charge is 0.246 e. The Hall–Kier alpha value is -2.28. The summed E-state index contributed by atoms with van der Waals surface area (Å²) in [5.41, 5.74) is 2.07. The zero-order chi connectivity index (χ0) is 15.2. The number of aryl methyl sites for hydroxylation is 1. The standard InChI is InChI=1S/C14H20N6O/c1-11-4-6-12(7-5-11)14-16-18-20(17-14)10-13(21)19(3)9-8-15-2/h4-7,15H,8-10H2,1-3H3. The molecule has 0 aliphatic rings. The summed E-state index contributed by atoms with van der Waals surface area (Å²) in [7, 11) is 3.61. The van der Waals surface area contributed by atoms with Gasteiger partial charge in [-0.15, -0.1) is 10.2 Å². The number of likely N-dealkylation sites (N-methyl/N-ethyl adjacent to an activating group) is 2. The molecule has 1 heterocycles. The molecule has 1 amide bonds. The van der Waals surface area contributed by atoms with Gasteiger partial charge < -0.3 is 10.2 Å². The Morgan fingerprint density at radius 3 is 2.71 bits per heavy atom. The van der Waals surface area contributed by atoms with Crippen LogP contribution in [0, 0.1) is 6.92 Å². The van der Waals surface area contributed by atoms with Gasteiger partial charge >= 0.3 is 0 Å². The number of rotatable bonds is 6. The van der Waals surface area contributed by atoms with Crippen molar-refractivity contribution in [2.75, 3.05) is 27.2 Å². The van der Waals surface area contributed by atoms with Crippen molar-refractivity contribution in [1.82, 2.24) is 30.4 Å². The van der Waals surface area contributed by atoms with Crippen LogP contribution in [0.1, 0.15) is 5.56 Å². The second kappa shape index (κ2) is 6.94. The number of hydrogen-bond donors (Lipinski definition) is 1. The van der Waals surface area contributed by atoms with Crippen LogP contribution in [0.2, 0.25) is 0 Å². The minimum absolute atomic E-state index is 0.0434. The van der Waals surface area contributed by atoms with Crippen molar-refractivity contribution in [3.63, 3.8) is 0 Å². The summed E-state index contributed by atoms with van der Waals surface area (Å²) in [5.74, 6) is 0.485. The monoisotopic (exact) mass is 288 g/mol. The summed E-state index contributed by atoms with van der Waals surface area (Å²) >= 11 is 0. The molecule has 0 spiro atoms. The summed E-state index contributed by atoms with van der Waals surface area (Å²) in [6, 6.07) is 7.87. The summed E-state index contributed by atoms with van der Waals surface area (Å²) in [6.07, 6.45) is 0. The van der Waals surface area contributed by atoms with Crippen LogP contribution in [0.4, 0.5) is 0 Å². The first-order valence-corrected chi connectivity index (χ1v) is 6.83. The van der Waals surface area contributed by atoms with Crippen LogP contribution in [0.5, 0.6) is 0 Å². The highest BCUT2D eigenvalue weighted by Crippen LogP contribution is 2.13. The molecule has 21 heavy (non-hydrogen) atoms. The molecule has 0 saturated heterocycles. The van der Waals surface area contributed by atoms with E-state index >= 15 is 0 Å². The van der Waals surface area contributed by atoms with Crippen molar-refractivity contribution in [3.8, 4) is 11.4 Å². The lowest BCUT2D eigenvalue weighted by Gasteiger charge is -2.15. The Morgan fingerprint density at radius 1 is 1.33 bits per heavy atom. The number of hydrogen-bond acceptors (Lipinski definition) is 5. The fraction of sp³-hybridized carbons (Fsp3) is 0.429. The van der Waals surface area contributed by atoms with Crippen LogP contribution >= 0.6 is 0 Å². The van der Waals surface area contributed by atoms with Gasteiger partial charge in [-0.25, -0.2) is 0 Å². The van der Waals surface area contributed by atoms with E-state index in [1.54, 1.807) is 11.9 Å². The highest BCUT2D eigenvalue weighted by molar-refractivity contribution is 5.75. The summed E-state index contributed by atoms with van der Waals surface area (Å²) in [6.45, 7) is 3.52. The largest absolute Gasteiger partial charge is 0.343 e. The number of carbonyl (C=O) groups is 1. The molecule has 0 fully saturated rings. The van der Waals surface area contributed by atoms with Crippen LogP contribution in [0.15, 0.2) is 24.3 Å². The number of amides is 1. The summed E-state index contributed by atoms with van der Waals surface area (Å²) < 4.78 is 0. The molecule has 0 radical (unpaired) electrons. The van der Waals surface area contributed by atoms with E-state index in [1.165, 1.54) is 10.4 Å². The predicted octanol–water partition coefficient (Wildman–Crippen LogP) is 0.326. The van der Waals surface area contributed by atoms with Crippen molar-refractivity contribution >= 4 is 5.91 Å². The minimum Gasteiger partial charge on any atom is -0.343 e. The molecule has 0 unspecified atom stereocenters. The van der Waals surface area contributed by atoms with E-state index in [0.717, 1.165) is 12.1 Å². The molecule has 1 aromatic carbocycles. The van der Waals surface area contributed by atoms with E-state index in [2.05, 4.69) is 20.7 Å². The van der Waals surface area contributed by atoms with Crippen molar-refractivity contribution in [3.05, 3.63) is 29.8 Å². The number of nitrogens with zero attached hydrogens (tertiary/aromatic N) is 5. The molecule has 7 heteroatoms. The van der Waals surface area contributed by atoms with Gasteiger partial charge in [-0.2, -0.15) is 4.80 Å². The van der Waals surface area contributed by atoms with Crippen molar-refractivity contribution < 1.29 is 4.79 Å². The average Bonchev–Trinajstić information content (AvgIpc) is 2.93. The molecule has 0 aliphatic carbocycles. The fourth-order valence-corrected chi connectivity index (χ4v) is 1.77. The second-order valence-electron chi connectivity index (χ2n) is 4.93. The number of tetrazole rings is 1. The number of carbonyl (C=O) groups excluding carboxylic acids is 1. The first-order chi connectivity index (χ1) is 10.1. The van der Waals surface area contributed by atoms with E-state index in [4.69, 9.17) is 0 Å². The van der Waals surface area contributed by atoms with Gasteiger partial charge in [0.1, 0.15) is 6.54 Å². The van der Waals surface area contributed by atoms with Crippen LogP contribution in [-0.2, 0) is 11.3 Å². The maximum Gasteiger partial charge on any atom is 0.246 e. The van der Waals surface area contributed by atoms with Crippen LogP contribution in [0.3, 0.4) is 0 Å². The van der Waals surface area contributed by atoms with Gasteiger partial charge in [0.25, 0.3) is 0 Å². The van der Waals surface area contributed by atoms with Gasteiger partial charge in [-0.1, -0.05) is 29.8 Å². The first kappa shape index (κ1) is 15.1. The molecule has 1 N–H and O–H groups in total. The van der Waals surface area contributed by atoms with Crippen molar-refractivity contribution in [1.29, 1.82) is 0 Å². The molecule has 1 aromatic heterocycles. The highest BCUT2D eigenvalue weighted by atomic mass is 16.2. The van der Waals surface area contributed by atoms with Crippen LogP contribution in [0.25, 0.3) is 11.4 Å². The lowest BCUT2D eigenvalue weighted by molar-refractivity contribution is -0.130. The third-order valence-electron chi connectivity index (χ3n) is 3.16. The van der Waals surface area contributed by atoms with Gasteiger partial charge in [0.15, 0.2) is 0 Å². The SMILES string of the molecule is CNCCN(C)C(=O)Cn1nnc(-c2ccc(C)cc2)n1. The van der Waals surface area contributed by atoms with E-state index in [0.29, 0.717) is 12.4 Å². The van der Waals surface area contributed by atoms with Gasteiger partial charge in [-0.3, -0.25) is 4.79 Å². The Bertz CT molecular complexity index is 592. The molecule has 0 aliphatic heterocycles. The van der Waals surface area contributed by atoms with Gasteiger partial charge in [0, 0.05) is 25.7 Å². The van der Waals surface area contributed by atoms with E-state index in [9.17, 15) is 4.79 Å². The Kier molecular flexibility index (Phi) is 4.99. The Labute approximate surface area is 123 Å². The summed E-state index contributed by atoms with van der Waals surface area (Å²) in [5, 5.41) is 15.2. The second-order valence-corrected chi connectivity index (χ2v) is 4.93. The molecular weight excluding hydrogens is 268 g/mol. The van der Waals surface area contributed by atoms with E-state index < -0.39 is 0 Å². The third-order valence-corrected chi connectivity index (χ3v) is 3.16. The minimum atomic E-state index is -0.0434. The van der Waals surface area contributed by atoms with Gasteiger partial charge in [-0.05, 0) is 19.2 Å². The zero-order valence-electron chi connectivity index (χ0n) is 12.6. The molecule has 0 atom stereocenters. The molecule has 112 valence electrons. The first-order valence-electron chi connectivity index (χ1n) is 6.83. The lowest BCUT2D eigenvalue weighted by atomic mass is 10.1. The van der Waals surface area contributed by atoms with Crippen molar-refractivity contribution in [2.45, 2.75) is 13.5 Å². The normalized spacial score (nSPS) is 10.6. The third kappa shape index (κ3) is 4.09. The predicted molar refractivity (Wildman–Crippen MR) is 79.6 cm³/mol. The van der Waals surface area contributed by atoms with Crippen LogP contribution in [-0.4, -0.2) is 58.2 Å².